The average Bonchev–Trinajstić information content (AvgIpc) is 2.01. The molecule has 1 heterocycles. The van der Waals surface area contributed by atoms with Gasteiger partial charge >= 0.3 is 12.0 Å². The number of ether oxygens (including phenoxy) is 1. The van der Waals surface area contributed by atoms with Gasteiger partial charge in [0.1, 0.15) is 6.04 Å². The second kappa shape index (κ2) is 3.48. The van der Waals surface area contributed by atoms with Gasteiger partial charge in [0, 0.05) is 6.42 Å². The number of hydrogen-bond acceptors (Lipinski definition) is 4. The van der Waals surface area contributed by atoms with Crippen LogP contribution in [0, 0.1) is 0 Å². The Kier molecular flexibility index (Phi) is 2.59. The summed E-state index contributed by atoms with van der Waals surface area (Å²) in [5.74, 6) is -0.479. The second-order valence-electron chi connectivity index (χ2n) is 2.30. The number of carbonyl (C=O) groups is 2. The molecular formula is C6H8N2O3S. The van der Waals surface area contributed by atoms with Crippen molar-refractivity contribution >= 4 is 29.2 Å². The van der Waals surface area contributed by atoms with E-state index in [2.05, 4.69) is 15.4 Å². The SMILES string of the molecule is COC(=O)[C@H]1CC(=S)NC(=O)N1. The molecule has 0 saturated carbocycles. The van der Waals surface area contributed by atoms with Gasteiger partial charge in [-0.3, -0.25) is 0 Å². The lowest BCUT2D eigenvalue weighted by Crippen LogP contribution is -2.54. The van der Waals surface area contributed by atoms with Crippen molar-refractivity contribution in [1.82, 2.24) is 10.6 Å². The molecule has 1 aliphatic rings. The fourth-order valence-corrected chi connectivity index (χ4v) is 1.15. The summed E-state index contributed by atoms with van der Waals surface area (Å²) in [5, 5.41) is 4.75. The highest BCUT2D eigenvalue weighted by Crippen LogP contribution is 2.01. The maximum absolute atomic E-state index is 10.9. The van der Waals surface area contributed by atoms with Gasteiger partial charge in [-0.25, -0.2) is 9.59 Å². The molecule has 0 unspecified atom stereocenters. The van der Waals surface area contributed by atoms with E-state index in [0.717, 1.165) is 0 Å². The monoisotopic (exact) mass is 188 g/mol. The predicted octanol–water partition coefficient (Wildman–Crippen LogP) is -0.442. The van der Waals surface area contributed by atoms with Crippen molar-refractivity contribution in [3.8, 4) is 0 Å². The molecule has 1 fully saturated rings. The number of urea groups is 1. The number of thiocarbonyl (C=S) groups is 1. The van der Waals surface area contributed by atoms with Crippen LogP contribution in [0.5, 0.6) is 0 Å². The molecule has 1 atom stereocenters. The first-order valence-electron chi connectivity index (χ1n) is 3.31. The molecule has 6 heteroatoms. The highest BCUT2D eigenvalue weighted by Gasteiger charge is 2.27. The lowest BCUT2D eigenvalue weighted by atomic mass is 10.2. The molecule has 2 amide bonds. The number of rotatable bonds is 1. The minimum absolute atomic E-state index is 0.299. The van der Waals surface area contributed by atoms with Crippen LogP contribution in [-0.4, -0.2) is 30.1 Å². The van der Waals surface area contributed by atoms with Crippen molar-refractivity contribution in [3.05, 3.63) is 0 Å². The number of hydrogen-bond donors (Lipinski definition) is 2. The second-order valence-corrected chi connectivity index (χ2v) is 2.79. The maximum Gasteiger partial charge on any atom is 0.328 e. The van der Waals surface area contributed by atoms with Crippen LogP contribution < -0.4 is 10.6 Å². The van der Waals surface area contributed by atoms with Crippen molar-refractivity contribution in [3.63, 3.8) is 0 Å². The molecule has 0 spiro atoms. The topological polar surface area (TPSA) is 67.4 Å². The van der Waals surface area contributed by atoms with Crippen molar-refractivity contribution in [2.75, 3.05) is 7.11 Å². The normalized spacial score (nSPS) is 22.6. The van der Waals surface area contributed by atoms with Crippen LogP contribution in [0.4, 0.5) is 4.79 Å². The minimum atomic E-state index is -0.642. The van der Waals surface area contributed by atoms with Gasteiger partial charge in [-0.2, -0.15) is 0 Å². The van der Waals surface area contributed by atoms with E-state index in [0.29, 0.717) is 11.4 Å². The summed E-state index contributed by atoms with van der Waals surface area (Å²) in [6.07, 6.45) is 0.299. The molecule has 0 radical (unpaired) electrons. The Hall–Kier alpha value is -1.17. The van der Waals surface area contributed by atoms with Gasteiger partial charge in [-0.15, -0.1) is 0 Å². The molecule has 66 valence electrons. The highest BCUT2D eigenvalue weighted by atomic mass is 32.1. The van der Waals surface area contributed by atoms with Gasteiger partial charge < -0.3 is 15.4 Å². The first-order chi connectivity index (χ1) is 5.63. The summed E-state index contributed by atoms with van der Waals surface area (Å²) in [4.78, 5) is 22.1. The van der Waals surface area contributed by atoms with Gasteiger partial charge in [-0.05, 0) is 0 Å². The number of nitrogens with one attached hydrogen (secondary N) is 2. The third-order valence-electron chi connectivity index (χ3n) is 1.43. The van der Waals surface area contributed by atoms with E-state index in [1.165, 1.54) is 7.11 Å². The van der Waals surface area contributed by atoms with E-state index in [1.807, 2.05) is 0 Å². The number of amides is 2. The number of carbonyl (C=O) groups excluding carboxylic acids is 2. The molecule has 5 nitrogen and oxygen atoms in total. The third-order valence-corrected chi connectivity index (χ3v) is 1.70. The molecule has 12 heavy (non-hydrogen) atoms. The largest absolute Gasteiger partial charge is 0.467 e. The van der Waals surface area contributed by atoms with Crippen LogP contribution in [0.2, 0.25) is 0 Å². The van der Waals surface area contributed by atoms with E-state index < -0.39 is 18.0 Å². The van der Waals surface area contributed by atoms with E-state index >= 15 is 0 Å². The molecule has 2 N–H and O–H groups in total. The van der Waals surface area contributed by atoms with Crippen LogP contribution >= 0.6 is 12.2 Å². The zero-order valence-electron chi connectivity index (χ0n) is 6.42. The highest BCUT2D eigenvalue weighted by molar-refractivity contribution is 7.80. The Morgan fingerprint density at radius 1 is 1.75 bits per heavy atom. The van der Waals surface area contributed by atoms with Crippen LogP contribution in [0.1, 0.15) is 6.42 Å². The van der Waals surface area contributed by atoms with Crippen LogP contribution in [0.15, 0.2) is 0 Å². The zero-order valence-corrected chi connectivity index (χ0v) is 7.23. The van der Waals surface area contributed by atoms with Gasteiger partial charge in [0.05, 0.1) is 12.1 Å². The van der Waals surface area contributed by atoms with Crippen molar-refractivity contribution in [2.45, 2.75) is 12.5 Å². The number of methoxy groups -OCH3 is 1. The third kappa shape index (κ3) is 1.91. The summed E-state index contributed by atoms with van der Waals surface area (Å²) < 4.78 is 4.45. The molecule has 1 rings (SSSR count). The van der Waals surface area contributed by atoms with Crippen molar-refractivity contribution in [1.29, 1.82) is 0 Å². The molecule has 0 aromatic rings. The van der Waals surface area contributed by atoms with E-state index in [-0.39, 0.29) is 0 Å². The van der Waals surface area contributed by atoms with E-state index in [4.69, 9.17) is 12.2 Å². The summed E-state index contributed by atoms with van der Waals surface area (Å²) in [7, 11) is 1.26. The Balaban J connectivity index is 2.61. The van der Waals surface area contributed by atoms with Gasteiger partial charge in [0.2, 0.25) is 0 Å². The summed E-state index contributed by atoms with van der Waals surface area (Å²) in [6, 6.07) is -1.10. The quantitative estimate of drug-likeness (QED) is 0.432. The fourth-order valence-electron chi connectivity index (χ4n) is 0.893. The van der Waals surface area contributed by atoms with Crippen molar-refractivity contribution < 1.29 is 14.3 Å². The summed E-state index contributed by atoms with van der Waals surface area (Å²) in [6.45, 7) is 0. The maximum atomic E-state index is 10.9. The molecule has 1 saturated heterocycles. The molecule has 0 aromatic carbocycles. The molecule has 0 aliphatic carbocycles. The zero-order chi connectivity index (χ0) is 9.14. The van der Waals surface area contributed by atoms with Crippen LogP contribution in [0.3, 0.4) is 0 Å². The molecule has 1 aliphatic heterocycles. The Morgan fingerprint density at radius 3 is 2.92 bits per heavy atom. The average molecular weight is 188 g/mol. The lowest BCUT2D eigenvalue weighted by Gasteiger charge is -2.22. The smallest absolute Gasteiger partial charge is 0.328 e. The Bertz CT molecular complexity index is 225. The number of esters is 1. The standard InChI is InChI=1S/C6H8N2O3S/c1-11-5(9)3-2-4(12)8-6(10)7-3/h3H,2H2,1H3,(H2,7,8,10,12)/t3-/m1/s1. The summed E-state index contributed by atoms with van der Waals surface area (Å²) in [5.41, 5.74) is 0. The molecular weight excluding hydrogens is 180 g/mol. The van der Waals surface area contributed by atoms with Crippen LogP contribution in [0.25, 0.3) is 0 Å². The molecule has 0 aromatic heterocycles. The van der Waals surface area contributed by atoms with E-state index in [1.54, 1.807) is 0 Å². The first-order valence-corrected chi connectivity index (χ1v) is 3.72. The van der Waals surface area contributed by atoms with Crippen molar-refractivity contribution in [2.24, 2.45) is 0 Å². The summed E-state index contributed by atoms with van der Waals surface area (Å²) >= 11 is 4.75. The fraction of sp³-hybridized carbons (Fsp3) is 0.500. The van der Waals surface area contributed by atoms with E-state index in [9.17, 15) is 9.59 Å². The van der Waals surface area contributed by atoms with Gasteiger partial charge in [0.15, 0.2) is 0 Å². The molecule has 0 bridgehead atoms. The van der Waals surface area contributed by atoms with Crippen LogP contribution in [-0.2, 0) is 9.53 Å². The minimum Gasteiger partial charge on any atom is -0.467 e. The first kappa shape index (κ1) is 8.92. The Labute approximate surface area is 74.5 Å². The Morgan fingerprint density at radius 2 is 2.42 bits per heavy atom. The lowest BCUT2D eigenvalue weighted by molar-refractivity contribution is -0.142. The van der Waals surface area contributed by atoms with Gasteiger partial charge in [-0.1, -0.05) is 12.2 Å². The van der Waals surface area contributed by atoms with Gasteiger partial charge in [0.25, 0.3) is 0 Å². The predicted molar refractivity (Wildman–Crippen MR) is 44.7 cm³/mol.